The van der Waals surface area contributed by atoms with Crippen molar-refractivity contribution < 1.29 is 4.79 Å². The van der Waals surface area contributed by atoms with Crippen LogP contribution in [0.5, 0.6) is 0 Å². The molecule has 0 spiro atoms. The fourth-order valence-electron chi connectivity index (χ4n) is 3.77. The van der Waals surface area contributed by atoms with Gasteiger partial charge in [0.25, 0.3) is 5.91 Å². The molecule has 0 saturated carbocycles. The summed E-state index contributed by atoms with van der Waals surface area (Å²) >= 11 is 0. The Morgan fingerprint density at radius 1 is 1.03 bits per heavy atom. The highest BCUT2D eigenvalue weighted by Crippen LogP contribution is 2.33. The molecule has 0 unspecified atom stereocenters. The first-order valence-corrected chi connectivity index (χ1v) is 10.6. The summed E-state index contributed by atoms with van der Waals surface area (Å²) in [5.74, 6) is 1.19. The van der Waals surface area contributed by atoms with E-state index in [2.05, 4.69) is 73.0 Å². The van der Waals surface area contributed by atoms with Gasteiger partial charge in [0.1, 0.15) is 5.69 Å². The lowest BCUT2D eigenvalue weighted by atomic mass is 9.93. The van der Waals surface area contributed by atoms with Crippen molar-refractivity contribution in [1.82, 2.24) is 19.8 Å². The maximum Gasteiger partial charge on any atom is 0.272 e. The van der Waals surface area contributed by atoms with E-state index in [4.69, 9.17) is 0 Å². The smallest absolute Gasteiger partial charge is 0.272 e. The number of nitrogens with zero attached hydrogens (tertiary/aromatic N) is 4. The average molecular weight is 396 g/mol. The molecule has 1 fully saturated rings. The molecule has 1 aliphatic rings. The average Bonchev–Trinajstić information content (AvgIpc) is 2.73. The van der Waals surface area contributed by atoms with Crippen molar-refractivity contribution in [3.8, 4) is 0 Å². The maximum atomic E-state index is 12.9. The molecule has 1 amide bonds. The number of carbonyl (C=O) groups excluding carboxylic acids is 1. The fraction of sp³-hybridized carbons (Fsp3) is 0.522. The van der Waals surface area contributed by atoms with E-state index in [0.29, 0.717) is 23.5 Å². The van der Waals surface area contributed by atoms with Crippen LogP contribution in [0.4, 0.5) is 11.6 Å². The van der Waals surface area contributed by atoms with Gasteiger partial charge in [0.05, 0.1) is 0 Å². The van der Waals surface area contributed by atoms with Crippen LogP contribution in [-0.2, 0) is 0 Å². The van der Waals surface area contributed by atoms with E-state index < -0.39 is 0 Å². The molecule has 0 atom stereocenters. The van der Waals surface area contributed by atoms with Gasteiger partial charge in [-0.2, -0.15) is 0 Å². The lowest BCUT2D eigenvalue weighted by molar-refractivity contribution is 0.0637. The minimum atomic E-state index is -0.0209. The molecule has 1 N–H and O–H groups in total. The minimum Gasteiger partial charge on any atom is -0.335 e. The first-order valence-electron chi connectivity index (χ1n) is 10.6. The van der Waals surface area contributed by atoms with Gasteiger partial charge in [0, 0.05) is 38.1 Å². The fourth-order valence-corrected chi connectivity index (χ4v) is 3.77. The Morgan fingerprint density at radius 3 is 2.21 bits per heavy atom. The number of benzene rings is 1. The number of hydrogen-bond acceptors (Lipinski definition) is 5. The summed E-state index contributed by atoms with van der Waals surface area (Å²) in [5.41, 5.74) is 3.96. The molecule has 6 nitrogen and oxygen atoms in total. The van der Waals surface area contributed by atoms with Crippen molar-refractivity contribution in [3.05, 3.63) is 47.3 Å². The van der Waals surface area contributed by atoms with Gasteiger partial charge in [-0.3, -0.25) is 4.79 Å². The predicted molar refractivity (Wildman–Crippen MR) is 118 cm³/mol. The minimum absolute atomic E-state index is 0.0209. The Hall–Kier alpha value is -2.47. The number of rotatable bonds is 6. The largest absolute Gasteiger partial charge is 0.335 e. The van der Waals surface area contributed by atoms with Gasteiger partial charge in [0.15, 0.2) is 0 Å². The number of para-hydroxylation sites is 1. The molecule has 0 aliphatic carbocycles. The third-order valence-electron chi connectivity index (χ3n) is 5.59. The Balaban J connectivity index is 1.83. The molecule has 3 rings (SSSR count). The molecule has 1 aliphatic heterocycles. The third-order valence-corrected chi connectivity index (χ3v) is 5.59. The van der Waals surface area contributed by atoms with Gasteiger partial charge in [-0.05, 0) is 35.6 Å². The first-order chi connectivity index (χ1) is 13.9. The number of hydrogen-bond donors (Lipinski definition) is 1. The Kier molecular flexibility index (Phi) is 6.85. The second-order valence-electron chi connectivity index (χ2n) is 8.24. The Bertz CT molecular complexity index is 815. The Labute approximate surface area is 174 Å². The molecule has 29 heavy (non-hydrogen) atoms. The maximum absolute atomic E-state index is 12.9. The van der Waals surface area contributed by atoms with Gasteiger partial charge in [-0.1, -0.05) is 52.8 Å². The summed E-state index contributed by atoms with van der Waals surface area (Å²) in [6.45, 7) is 15.2. The topological polar surface area (TPSA) is 61.4 Å². The molecule has 1 aromatic heterocycles. The molecular formula is C23H33N5O. The normalized spacial score (nSPS) is 15.2. The molecule has 1 aromatic carbocycles. The van der Waals surface area contributed by atoms with E-state index in [1.165, 1.54) is 11.1 Å². The van der Waals surface area contributed by atoms with Crippen LogP contribution >= 0.6 is 0 Å². The highest BCUT2D eigenvalue weighted by Gasteiger charge is 2.23. The zero-order chi connectivity index (χ0) is 21.0. The highest BCUT2D eigenvalue weighted by molar-refractivity contribution is 5.92. The van der Waals surface area contributed by atoms with E-state index in [0.717, 1.165) is 38.4 Å². The van der Waals surface area contributed by atoms with E-state index in [9.17, 15) is 4.79 Å². The molecule has 156 valence electrons. The zero-order valence-corrected chi connectivity index (χ0v) is 18.3. The molecular weight excluding hydrogens is 362 g/mol. The quantitative estimate of drug-likeness (QED) is 0.792. The lowest BCUT2D eigenvalue weighted by Gasteiger charge is -2.33. The SMILES string of the molecule is CCN1CCN(C(=O)c2ccnc(Nc3c(C(C)C)cccc3C(C)C)n2)CC1. The van der Waals surface area contributed by atoms with E-state index in [-0.39, 0.29) is 5.91 Å². The van der Waals surface area contributed by atoms with Crippen molar-refractivity contribution >= 4 is 17.5 Å². The molecule has 0 bridgehead atoms. The molecule has 0 radical (unpaired) electrons. The van der Waals surface area contributed by atoms with Crippen molar-refractivity contribution in [3.63, 3.8) is 0 Å². The summed E-state index contributed by atoms with van der Waals surface area (Å²) in [6, 6.07) is 8.09. The monoisotopic (exact) mass is 395 g/mol. The summed E-state index contributed by atoms with van der Waals surface area (Å²) < 4.78 is 0. The standard InChI is InChI=1S/C23H33N5O/c1-6-27-12-14-28(15-13-27)22(29)20-10-11-24-23(25-20)26-21-18(16(2)3)8-7-9-19(21)17(4)5/h7-11,16-17H,6,12-15H2,1-5H3,(H,24,25,26). The second kappa shape index (κ2) is 9.35. The molecule has 6 heteroatoms. The van der Waals surface area contributed by atoms with Crippen LogP contribution in [0.25, 0.3) is 0 Å². The van der Waals surface area contributed by atoms with Gasteiger partial charge in [-0.15, -0.1) is 0 Å². The predicted octanol–water partition coefficient (Wildman–Crippen LogP) is 4.24. The van der Waals surface area contributed by atoms with Crippen LogP contribution in [0.1, 0.15) is 68.1 Å². The number of likely N-dealkylation sites (N-methyl/N-ethyl adjacent to an activating group) is 1. The van der Waals surface area contributed by atoms with Gasteiger partial charge < -0.3 is 15.1 Å². The van der Waals surface area contributed by atoms with Crippen LogP contribution in [-0.4, -0.2) is 58.4 Å². The summed E-state index contributed by atoms with van der Waals surface area (Å²) in [7, 11) is 0. The van der Waals surface area contributed by atoms with E-state index >= 15 is 0 Å². The first kappa shape index (κ1) is 21.2. The van der Waals surface area contributed by atoms with Crippen molar-refractivity contribution in [2.45, 2.75) is 46.5 Å². The van der Waals surface area contributed by atoms with E-state index in [1.807, 2.05) is 4.90 Å². The van der Waals surface area contributed by atoms with Crippen LogP contribution in [0.3, 0.4) is 0 Å². The summed E-state index contributed by atoms with van der Waals surface area (Å²) in [6.07, 6.45) is 1.66. The number of piperazine rings is 1. The van der Waals surface area contributed by atoms with Crippen LogP contribution in [0.2, 0.25) is 0 Å². The summed E-state index contributed by atoms with van der Waals surface area (Å²) in [4.78, 5) is 26.1. The number of amides is 1. The van der Waals surface area contributed by atoms with Crippen molar-refractivity contribution in [1.29, 1.82) is 0 Å². The lowest BCUT2D eigenvalue weighted by Crippen LogP contribution is -2.48. The zero-order valence-electron chi connectivity index (χ0n) is 18.3. The van der Waals surface area contributed by atoms with Crippen LogP contribution in [0.15, 0.2) is 30.5 Å². The number of aromatic nitrogens is 2. The highest BCUT2D eigenvalue weighted by atomic mass is 16.2. The van der Waals surface area contributed by atoms with Crippen molar-refractivity contribution in [2.24, 2.45) is 0 Å². The van der Waals surface area contributed by atoms with E-state index in [1.54, 1.807) is 12.3 Å². The third kappa shape index (κ3) is 4.93. The van der Waals surface area contributed by atoms with Crippen LogP contribution in [0, 0.1) is 0 Å². The van der Waals surface area contributed by atoms with Crippen LogP contribution < -0.4 is 5.32 Å². The number of nitrogens with one attached hydrogen (secondary N) is 1. The second-order valence-corrected chi connectivity index (χ2v) is 8.24. The number of anilines is 2. The summed E-state index contributed by atoms with van der Waals surface area (Å²) in [5, 5.41) is 3.42. The molecule has 1 saturated heterocycles. The molecule has 2 heterocycles. The van der Waals surface area contributed by atoms with Crippen molar-refractivity contribution in [2.75, 3.05) is 38.0 Å². The number of carbonyl (C=O) groups is 1. The van der Waals surface area contributed by atoms with Gasteiger partial charge in [0.2, 0.25) is 5.95 Å². The van der Waals surface area contributed by atoms with Gasteiger partial charge >= 0.3 is 0 Å². The molecule has 2 aromatic rings. The Morgan fingerprint density at radius 2 is 1.66 bits per heavy atom. The van der Waals surface area contributed by atoms with Gasteiger partial charge in [-0.25, -0.2) is 9.97 Å².